The molecule has 2 aromatic rings. The summed E-state index contributed by atoms with van der Waals surface area (Å²) in [5.74, 6) is 2.15. The van der Waals surface area contributed by atoms with Crippen molar-refractivity contribution in [1.29, 1.82) is 0 Å². The first kappa shape index (κ1) is 17.9. The van der Waals surface area contributed by atoms with Gasteiger partial charge in [-0.1, -0.05) is 39.7 Å². The lowest BCUT2D eigenvalue weighted by atomic mass is 9.91. The Kier molecular flexibility index (Phi) is 5.93. The van der Waals surface area contributed by atoms with Crippen LogP contribution in [0.3, 0.4) is 0 Å². The van der Waals surface area contributed by atoms with E-state index in [4.69, 9.17) is 4.98 Å². The zero-order chi connectivity index (χ0) is 17.1. The normalized spacial score (nSPS) is 19.7. The lowest BCUT2D eigenvalue weighted by Crippen LogP contribution is -2.29. The van der Waals surface area contributed by atoms with Gasteiger partial charge in [-0.15, -0.1) is 11.3 Å². The molecule has 3 rings (SSSR count). The quantitative estimate of drug-likeness (QED) is 0.635. The Balaban J connectivity index is 1.71. The van der Waals surface area contributed by atoms with E-state index in [9.17, 15) is 0 Å². The van der Waals surface area contributed by atoms with Crippen molar-refractivity contribution in [2.24, 2.45) is 5.92 Å². The van der Waals surface area contributed by atoms with Crippen LogP contribution in [0.1, 0.15) is 75.3 Å². The molecule has 3 heteroatoms. The predicted molar refractivity (Wildman–Crippen MR) is 106 cm³/mol. The van der Waals surface area contributed by atoms with Crippen LogP contribution < -0.4 is 0 Å². The zero-order valence-corrected chi connectivity index (χ0v) is 16.5. The van der Waals surface area contributed by atoms with Gasteiger partial charge in [0.1, 0.15) is 0 Å². The molecule has 0 radical (unpaired) electrons. The van der Waals surface area contributed by atoms with Crippen molar-refractivity contribution in [1.82, 2.24) is 9.88 Å². The summed E-state index contributed by atoms with van der Waals surface area (Å²) in [6.45, 7) is 9.44. The highest BCUT2D eigenvalue weighted by Crippen LogP contribution is 2.35. The molecule has 0 unspecified atom stereocenters. The van der Waals surface area contributed by atoms with Crippen LogP contribution in [0.4, 0.5) is 0 Å². The third-order valence-electron chi connectivity index (χ3n) is 5.85. The Morgan fingerprint density at radius 3 is 2.67 bits per heavy atom. The van der Waals surface area contributed by atoms with Gasteiger partial charge in [-0.25, -0.2) is 4.98 Å². The van der Waals surface area contributed by atoms with Gasteiger partial charge >= 0.3 is 0 Å². The van der Waals surface area contributed by atoms with Crippen molar-refractivity contribution in [3.63, 3.8) is 0 Å². The number of likely N-dealkylation sites (tertiary alicyclic amines) is 1. The predicted octanol–water partition coefficient (Wildman–Crippen LogP) is 6.04. The van der Waals surface area contributed by atoms with Gasteiger partial charge in [0.25, 0.3) is 0 Å². The number of aromatic nitrogens is 1. The van der Waals surface area contributed by atoms with Crippen LogP contribution in [0.25, 0.3) is 10.2 Å². The first-order chi connectivity index (χ1) is 11.6. The maximum atomic E-state index is 5.02. The summed E-state index contributed by atoms with van der Waals surface area (Å²) in [5, 5.41) is 1.36. The maximum absolute atomic E-state index is 5.02. The molecule has 0 saturated carbocycles. The molecule has 0 spiro atoms. The van der Waals surface area contributed by atoms with Crippen LogP contribution in [-0.2, 0) is 0 Å². The second-order valence-electron chi connectivity index (χ2n) is 7.85. The molecule has 2 heterocycles. The van der Waals surface area contributed by atoms with Crippen LogP contribution in [-0.4, -0.2) is 30.0 Å². The van der Waals surface area contributed by atoms with Crippen LogP contribution in [0, 0.1) is 5.92 Å². The minimum atomic E-state index is 0.636. The highest BCUT2D eigenvalue weighted by Gasteiger charge is 2.21. The summed E-state index contributed by atoms with van der Waals surface area (Å²) in [4.78, 5) is 7.45. The van der Waals surface area contributed by atoms with Crippen molar-refractivity contribution >= 4 is 21.6 Å². The second-order valence-corrected chi connectivity index (χ2v) is 8.91. The van der Waals surface area contributed by atoms with E-state index < -0.39 is 0 Å². The highest BCUT2D eigenvalue weighted by atomic mass is 32.1. The average molecular weight is 345 g/mol. The fourth-order valence-corrected chi connectivity index (χ4v) is 4.72. The fraction of sp³-hybridized carbons (Fsp3) is 0.667. The van der Waals surface area contributed by atoms with E-state index in [1.165, 1.54) is 66.0 Å². The number of hydrogen-bond acceptors (Lipinski definition) is 3. The molecule has 132 valence electrons. The number of piperidine rings is 1. The van der Waals surface area contributed by atoms with E-state index in [2.05, 4.69) is 50.9 Å². The molecule has 1 fully saturated rings. The fourth-order valence-electron chi connectivity index (χ4n) is 3.60. The summed E-state index contributed by atoms with van der Waals surface area (Å²) in [5.41, 5.74) is 2.69. The summed E-state index contributed by atoms with van der Waals surface area (Å²) >= 11 is 1.92. The van der Waals surface area contributed by atoms with Crippen molar-refractivity contribution in [3.8, 4) is 0 Å². The van der Waals surface area contributed by atoms with Crippen LogP contribution >= 0.6 is 11.3 Å². The van der Waals surface area contributed by atoms with Crippen molar-refractivity contribution in [3.05, 3.63) is 28.8 Å². The molecule has 1 aliphatic heterocycles. The number of benzene rings is 1. The van der Waals surface area contributed by atoms with Gasteiger partial charge in [0, 0.05) is 5.92 Å². The lowest BCUT2D eigenvalue weighted by molar-refractivity contribution is 0.255. The van der Waals surface area contributed by atoms with Gasteiger partial charge in [0.15, 0.2) is 0 Å². The smallest absolute Gasteiger partial charge is 0.0970 e. The topological polar surface area (TPSA) is 16.1 Å². The van der Waals surface area contributed by atoms with Gasteiger partial charge < -0.3 is 4.90 Å². The first-order valence-electron chi connectivity index (χ1n) is 9.65. The standard InChI is InChI=1S/C21H32N2S/c1-5-15(2)6-7-16(3)18-8-9-20-19(14-18)22-21(24-20)17-10-12-23(4)13-11-17/h8-9,14-17H,5-7,10-13H2,1-4H3/t15-,16-/m1/s1. The molecule has 24 heavy (non-hydrogen) atoms. The van der Waals surface area contributed by atoms with Crippen molar-refractivity contribution in [2.75, 3.05) is 20.1 Å². The monoisotopic (exact) mass is 344 g/mol. The SMILES string of the molecule is CC[C@@H](C)CC[C@@H](C)c1ccc2sc(C3CCN(C)CC3)nc2c1. The van der Waals surface area contributed by atoms with E-state index in [-0.39, 0.29) is 0 Å². The van der Waals surface area contributed by atoms with Crippen LogP contribution in [0.15, 0.2) is 18.2 Å². The third-order valence-corrected chi connectivity index (χ3v) is 7.05. The largest absolute Gasteiger partial charge is 0.306 e. The van der Waals surface area contributed by atoms with Gasteiger partial charge in [-0.2, -0.15) is 0 Å². The van der Waals surface area contributed by atoms with E-state index in [0.29, 0.717) is 11.8 Å². The molecule has 1 aromatic heterocycles. The van der Waals surface area contributed by atoms with Gasteiger partial charge in [0.05, 0.1) is 15.2 Å². The number of fused-ring (bicyclic) bond motifs is 1. The minimum Gasteiger partial charge on any atom is -0.306 e. The Hall–Kier alpha value is -0.930. The van der Waals surface area contributed by atoms with E-state index in [1.54, 1.807) is 0 Å². The van der Waals surface area contributed by atoms with E-state index in [0.717, 1.165) is 5.92 Å². The Morgan fingerprint density at radius 2 is 1.96 bits per heavy atom. The average Bonchev–Trinajstić information content (AvgIpc) is 3.03. The molecular weight excluding hydrogens is 312 g/mol. The molecule has 2 nitrogen and oxygen atoms in total. The van der Waals surface area contributed by atoms with Crippen molar-refractivity contribution in [2.45, 2.75) is 64.7 Å². The maximum Gasteiger partial charge on any atom is 0.0970 e. The highest BCUT2D eigenvalue weighted by molar-refractivity contribution is 7.18. The van der Waals surface area contributed by atoms with Gasteiger partial charge in [-0.05, 0) is 68.9 Å². The van der Waals surface area contributed by atoms with Gasteiger partial charge in [-0.3, -0.25) is 0 Å². The molecule has 1 aromatic carbocycles. The number of hydrogen-bond donors (Lipinski definition) is 0. The summed E-state index contributed by atoms with van der Waals surface area (Å²) in [6.07, 6.45) is 6.42. The Labute approximate surface area is 151 Å². The Morgan fingerprint density at radius 1 is 1.21 bits per heavy atom. The molecule has 0 bridgehead atoms. The lowest BCUT2D eigenvalue weighted by Gasteiger charge is -2.27. The van der Waals surface area contributed by atoms with Gasteiger partial charge in [0.2, 0.25) is 0 Å². The number of rotatable bonds is 6. The van der Waals surface area contributed by atoms with E-state index >= 15 is 0 Å². The first-order valence-corrected chi connectivity index (χ1v) is 10.5. The Bertz CT molecular complexity index is 655. The molecule has 0 aliphatic carbocycles. The molecule has 1 aliphatic rings. The summed E-state index contributed by atoms with van der Waals surface area (Å²) in [7, 11) is 2.22. The molecular formula is C21H32N2S. The van der Waals surface area contributed by atoms with Crippen LogP contribution in [0.5, 0.6) is 0 Å². The molecule has 1 saturated heterocycles. The van der Waals surface area contributed by atoms with Crippen LogP contribution in [0.2, 0.25) is 0 Å². The molecule has 0 amide bonds. The number of thiazole rings is 1. The molecule has 0 N–H and O–H groups in total. The van der Waals surface area contributed by atoms with E-state index in [1.807, 2.05) is 11.3 Å². The minimum absolute atomic E-state index is 0.636. The van der Waals surface area contributed by atoms with Crippen molar-refractivity contribution < 1.29 is 0 Å². The number of nitrogens with zero attached hydrogens (tertiary/aromatic N) is 2. The zero-order valence-electron chi connectivity index (χ0n) is 15.7. The summed E-state index contributed by atoms with van der Waals surface area (Å²) < 4.78 is 1.36. The molecule has 2 atom stereocenters. The third kappa shape index (κ3) is 4.18. The second kappa shape index (κ2) is 7.97. The summed E-state index contributed by atoms with van der Waals surface area (Å²) in [6, 6.07) is 6.99.